The Morgan fingerprint density at radius 3 is 2.85 bits per heavy atom. The molecule has 0 aliphatic rings. The van der Waals surface area contributed by atoms with Gasteiger partial charge in [0.05, 0.1) is 5.02 Å². The van der Waals surface area contributed by atoms with Gasteiger partial charge in [-0.3, -0.25) is 4.79 Å². The maximum atomic E-state index is 11.0. The minimum absolute atomic E-state index is 0.269. The first-order chi connectivity index (χ1) is 6.15. The summed E-state index contributed by atoms with van der Waals surface area (Å²) in [5.74, 6) is -0.642. The first kappa shape index (κ1) is 10.1. The van der Waals surface area contributed by atoms with Gasteiger partial charge in [-0.05, 0) is 44.8 Å². The molecule has 0 N–H and O–H groups in total. The molecule has 4 nitrogen and oxygen atoms in total. The van der Waals surface area contributed by atoms with Crippen molar-refractivity contribution in [1.29, 1.82) is 0 Å². The monoisotopic (exact) mass is 259 g/mol. The zero-order valence-electron chi connectivity index (χ0n) is 6.24. The maximum Gasteiger partial charge on any atom is 0.249 e. The van der Waals surface area contributed by atoms with Crippen LogP contribution in [-0.2, 0) is 0 Å². The van der Waals surface area contributed by atoms with Gasteiger partial charge in [-0.25, -0.2) is 0 Å². The second-order valence-electron chi connectivity index (χ2n) is 2.12. The van der Waals surface area contributed by atoms with E-state index in [9.17, 15) is 4.79 Å². The fraction of sp³-hybridized carbons (Fsp3) is 0. The number of carbonyl (C=O) groups is 1. The van der Waals surface area contributed by atoms with Crippen LogP contribution in [0.15, 0.2) is 27.8 Å². The molecule has 0 aromatic heterocycles. The highest BCUT2D eigenvalue weighted by Crippen LogP contribution is 2.23. The quantitative estimate of drug-likeness (QED) is 0.432. The van der Waals surface area contributed by atoms with Crippen molar-refractivity contribution in [3.63, 3.8) is 0 Å². The minimum Gasteiger partial charge on any atom is -0.287 e. The molecule has 0 saturated carbocycles. The lowest BCUT2D eigenvalue weighted by Crippen LogP contribution is -1.92. The smallest absolute Gasteiger partial charge is 0.249 e. The number of amides is 1. The maximum absolute atomic E-state index is 11.0. The third-order valence-corrected chi connectivity index (χ3v) is 2.53. The third kappa shape index (κ3) is 2.45. The second-order valence-corrected chi connectivity index (χ2v) is 3.39. The Morgan fingerprint density at radius 1 is 1.62 bits per heavy atom. The van der Waals surface area contributed by atoms with Crippen molar-refractivity contribution in [3.05, 3.63) is 43.7 Å². The van der Waals surface area contributed by atoms with Gasteiger partial charge in [0, 0.05) is 14.9 Å². The third-order valence-electron chi connectivity index (χ3n) is 1.30. The lowest BCUT2D eigenvalue weighted by atomic mass is 10.2. The van der Waals surface area contributed by atoms with Gasteiger partial charge in [-0.15, -0.1) is 0 Å². The molecule has 0 saturated heterocycles. The van der Waals surface area contributed by atoms with Gasteiger partial charge in [0.25, 0.3) is 0 Å². The Balaban J connectivity index is 3.10. The highest BCUT2D eigenvalue weighted by Gasteiger charge is 2.04. The van der Waals surface area contributed by atoms with Gasteiger partial charge < -0.3 is 0 Å². The molecule has 0 radical (unpaired) electrons. The summed E-state index contributed by atoms with van der Waals surface area (Å²) < 4.78 is 0.687. The number of azide groups is 1. The molecule has 6 heteroatoms. The number of halogens is 2. The highest BCUT2D eigenvalue weighted by atomic mass is 79.9. The van der Waals surface area contributed by atoms with Crippen LogP contribution in [-0.4, -0.2) is 5.91 Å². The van der Waals surface area contributed by atoms with Gasteiger partial charge in [0.2, 0.25) is 5.91 Å². The van der Waals surface area contributed by atoms with Gasteiger partial charge >= 0.3 is 0 Å². The zero-order chi connectivity index (χ0) is 9.84. The van der Waals surface area contributed by atoms with Crippen molar-refractivity contribution in [2.45, 2.75) is 0 Å². The summed E-state index contributed by atoms with van der Waals surface area (Å²) >= 11 is 8.89. The second kappa shape index (κ2) is 4.28. The molecule has 0 aliphatic heterocycles. The summed E-state index contributed by atoms with van der Waals surface area (Å²) in [5.41, 5.74) is 8.29. The van der Waals surface area contributed by atoms with E-state index in [1.807, 2.05) is 0 Å². The first-order valence-corrected chi connectivity index (χ1v) is 4.36. The lowest BCUT2D eigenvalue weighted by Gasteiger charge is -1.97. The Morgan fingerprint density at radius 2 is 2.31 bits per heavy atom. The molecule has 1 rings (SSSR count). The fourth-order valence-corrected chi connectivity index (χ4v) is 1.15. The SMILES string of the molecule is [N-]=[N+]=NC(=O)c1ccc(Br)c(Cl)c1. The number of rotatable bonds is 1. The summed E-state index contributed by atoms with van der Waals surface area (Å²) in [6.07, 6.45) is 0. The topological polar surface area (TPSA) is 65.8 Å². The van der Waals surface area contributed by atoms with Crippen LogP contribution >= 0.6 is 27.5 Å². The van der Waals surface area contributed by atoms with Crippen molar-refractivity contribution in [1.82, 2.24) is 0 Å². The Bertz CT molecular complexity index is 401. The Kier molecular flexibility index (Phi) is 3.31. The summed E-state index contributed by atoms with van der Waals surface area (Å²) in [6.45, 7) is 0. The molecule has 0 fully saturated rings. The molecule has 13 heavy (non-hydrogen) atoms. The van der Waals surface area contributed by atoms with Crippen LogP contribution in [0.5, 0.6) is 0 Å². The Hall–Kier alpha value is -1.03. The van der Waals surface area contributed by atoms with Crippen LogP contribution in [0.1, 0.15) is 10.4 Å². The van der Waals surface area contributed by atoms with Crippen LogP contribution in [0.4, 0.5) is 0 Å². The molecule has 66 valence electrons. The molecule has 0 unspecified atom stereocenters. The predicted octanol–water partition coefficient (Wildman–Crippen LogP) is 3.55. The van der Waals surface area contributed by atoms with Gasteiger partial charge in [-0.2, -0.15) is 0 Å². The Labute approximate surface area is 87.3 Å². The number of carbonyl (C=O) groups excluding carboxylic acids is 1. The van der Waals surface area contributed by atoms with Gasteiger partial charge in [0.1, 0.15) is 0 Å². The van der Waals surface area contributed by atoms with Crippen LogP contribution in [0, 0.1) is 0 Å². The molecule has 0 bridgehead atoms. The summed E-state index contributed by atoms with van der Waals surface area (Å²) in [4.78, 5) is 13.4. The largest absolute Gasteiger partial charge is 0.287 e. The highest BCUT2D eigenvalue weighted by molar-refractivity contribution is 9.10. The van der Waals surface area contributed by atoms with E-state index in [-0.39, 0.29) is 5.56 Å². The average Bonchev–Trinajstić information content (AvgIpc) is 2.10. The number of benzene rings is 1. The minimum atomic E-state index is -0.642. The van der Waals surface area contributed by atoms with E-state index in [0.717, 1.165) is 0 Å². The fourth-order valence-electron chi connectivity index (χ4n) is 0.728. The molecule has 1 aromatic rings. The van der Waals surface area contributed by atoms with E-state index < -0.39 is 5.91 Å². The zero-order valence-corrected chi connectivity index (χ0v) is 8.58. The number of nitrogens with zero attached hydrogens (tertiary/aromatic N) is 3. The van der Waals surface area contributed by atoms with Crippen LogP contribution < -0.4 is 0 Å². The van der Waals surface area contributed by atoms with E-state index >= 15 is 0 Å². The molecular formula is C7H3BrClN3O. The summed E-state index contributed by atoms with van der Waals surface area (Å²) in [6, 6.07) is 4.57. The standard InChI is InChI=1S/C7H3BrClN3O/c8-5-2-1-4(3-6(5)9)7(13)11-12-10/h1-3H. The lowest BCUT2D eigenvalue weighted by molar-refractivity contribution is 0.100. The first-order valence-electron chi connectivity index (χ1n) is 3.19. The van der Waals surface area contributed by atoms with E-state index in [4.69, 9.17) is 17.1 Å². The van der Waals surface area contributed by atoms with E-state index in [1.165, 1.54) is 12.1 Å². The number of hydrogen-bond acceptors (Lipinski definition) is 1. The van der Waals surface area contributed by atoms with E-state index in [1.54, 1.807) is 6.07 Å². The van der Waals surface area contributed by atoms with Gasteiger partial charge in [0.15, 0.2) is 0 Å². The normalized spacial score (nSPS) is 9.08. The van der Waals surface area contributed by atoms with Crippen molar-refractivity contribution in [2.75, 3.05) is 0 Å². The molecule has 0 spiro atoms. The van der Waals surface area contributed by atoms with Gasteiger partial charge in [-0.1, -0.05) is 11.6 Å². The van der Waals surface area contributed by atoms with E-state index in [0.29, 0.717) is 9.50 Å². The van der Waals surface area contributed by atoms with Crippen LogP contribution in [0.3, 0.4) is 0 Å². The average molecular weight is 260 g/mol. The van der Waals surface area contributed by atoms with Crippen molar-refractivity contribution in [2.24, 2.45) is 5.11 Å². The molecule has 1 aromatic carbocycles. The molecule has 0 atom stereocenters. The van der Waals surface area contributed by atoms with Crippen LogP contribution in [0.25, 0.3) is 10.4 Å². The molecule has 0 aliphatic carbocycles. The summed E-state index contributed by atoms with van der Waals surface area (Å²) in [7, 11) is 0. The molecule has 0 heterocycles. The number of hydrogen-bond donors (Lipinski definition) is 0. The van der Waals surface area contributed by atoms with Crippen molar-refractivity contribution in [3.8, 4) is 0 Å². The van der Waals surface area contributed by atoms with Crippen molar-refractivity contribution >= 4 is 33.4 Å². The summed E-state index contributed by atoms with van der Waals surface area (Å²) in [5, 5.41) is 3.34. The van der Waals surface area contributed by atoms with Crippen LogP contribution in [0.2, 0.25) is 5.02 Å². The molecule has 1 amide bonds. The van der Waals surface area contributed by atoms with E-state index in [2.05, 4.69) is 26.0 Å². The predicted molar refractivity (Wildman–Crippen MR) is 52.6 cm³/mol. The molecular weight excluding hydrogens is 257 g/mol. The van der Waals surface area contributed by atoms with Crippen molar-refractivity contribution < 1.29 is 4.79 Å².